The molecule has 1 unspecified atom stereocenters. The van der Waals surface area contributed by atoms with Crippen LogP contribution in [0.3, 0.4) is 0 Å². The molecule has 2 aliphatic heterocycles. The summed E-state index contributed by atoms with van der Waals surface area (Å²) in [5.41, 5.74) is 1.67. The summed E-state index contributed by atoms with van der Waals surface area (Å²) in [5, 5.41) is 0. The minimum Gasteiger partial charge on any atom is -0.444 e. The number of rotatable bonds is 1. The number of ether oxygens (including phenoxy) is 1. The van der Waals surface area contributed by atoms with Gasteiger partial charge in [-0.1, -0.05) is 6.92 Å². The maximum absolute atomic E-state index is 12.6. The maximum Gasteiger partial charge on any atom is 0.410 e. The number of aryl methyl sites for hydroxylation is 1. The summed E-state index contributed by atoms with van der Waals surface area (Å²) in [6.45, 7) is 9.66. The molecule has 1 saturated heterocycles. The predicted octanol–water partition coefficient (Wildman–Crippen LogP) is 3.53. The lowest BCUT2D eigenvalue weighted by molar-refractivity contribution is 0.0102. The van der Waals surface area contributed by atoms with Crippen LogP contribution in [0.5, 0.6) is 0 Å². The molecule has 2 bridgehead atoms. The van der Waals surface area contributed by atoms with Crippen LogP contribution < -0.4 is 5.56 Å². The van der Waals surface area contributed by atoms with E-state index in [9.17, 15) is 9.59 Å². The minimum absolute atomic E-state index is 0.0600. The molecule has 1 aromatic heterocycles. The molecule has 132 valence electrons. The zero-order valence-electron chi connectivity index (χ0n) is 14.8. The number of piperidine rings is 1. The molecule has 1 aromatic rings. The predicted molar refractivity (Wildman–Crippen MR) is 96.4 cm³/mol. The van der Waals surface area contributed by atoms with E-state index in [4.69, 9.17) is 4.74 Å². The molecule has 1 fully saturated rings. The first-order valence-electron chi connectivity index (χ1n) is 8.59. The highest BCUT2D eigenvalue weighted by atomic mass is 79.9. The number of hydrogen-bond acceptors (Lipinski definition) is 3. The topological polar surface area (TPSA) is 51.5 Å². The normalized spacial score (nSPS) is 23.0. The smallest absolute Gasteiger partial charge is 0.410 e. The lowest BCUT2D eigenvalue weighted by Crippen LogP contribution is -2.50. The molecule has 2 atom stereocenters. The van der Waals surface area contributed by atoms with Gasteiger partial charge in [-0.2, -0.15) is 0 Å². The fourth-order valence-corrected chi connectivity index (χ4v) is 4.37. The molecule has 24 heavy (non-hydrogen) atoms. The number of carbonyl (C=O) groups is 1. The van der Waals surface area contributed by atoms with Crippen LogP contribution in [0.25, 0.3) is 0 Å². The van der Waals surface area contributed by atoms with Crippen molar-refractivity contribution in [3.63, 3.8) is 0 Å². The Morgan fingerprint density at radius 3 is 2.67 bits per heavy atom. The van der Waals surface area contributed by atoms with Gasteiger partial charge < -0.3 is 14.2 Å². The number of carbonyl (C=O) groups excluding carboxylic acids is 1. The molecule has 1 amide bonds. The Morgan fingerprint density at radius 2 is 2.04 bits per heavy atom. The van der Waals surface area contributed by atoms with Crippen LogP contribution in [0.1, 0.15) is 51.3 Å². The second-order valence-electron chi connectivity index (χ2n) is 7.86. The van der Waals surface area contributed by atoms with E-state index in [1.165, 1.54) is 0 Å². The Morgan fingerprint density at radius 1 is 1.33 bits per heavy atom. The van der Waals surface area contributed by atoms with Gasteiger partial charge in [0, 0.05) is 31.2 Å². The average Bonchev–Trinajstić information content (AvgIpc) is 2.49. The van der Waals surface area contributed by atoms with Crippen molar-refractivity contribution in [3.05, 3.63) is 32.2 Å². The number of aromatic nitrogens is 1. The second-order valence-corrected chi connectivity index (χ2v) is 8.65. The highest BCUT2D eigenvalue weighted by molar-refractivity contribution is 9.10. The van der Waals surface area contributed by atoms with Crippen molar-refractivity contribution in [1.29, 1.82) is 0 Å². The van der Waals surface area contributed by atoms with Crippen molar-refractivity contribution >= 4 is 22.0 Å². The third-order valence-corrected chi connectivity index (χ3v) is 5.63. The average molecular weight is 397 g/mol. The largest absolute Gasteiger partial charge is 0.444 e. The van der Waals surface area contributed by atoms with Crippen molar-refractivity contribution in [1.82, 2.24) is 9.47 Å². The number of halogens is 1. The molecule has 0 N–H and O–H groups in total. The van der Waals surface area contributed by atoms with Crippen molar-refractivity contribution in [2.24, 2.45) is 5.92 Å². The maximum atomic E-state index is 12.6. The van der Waals surface area contributed by atoms with Crippen LogP contribution in [0.4, 0.5) is 4.79 Å². The van der Waals surface area contributed by atoms with Crippen molar-refractivity contribution < 1.29 is 9.53 Å². The van der Waals surface area contributed by atoms with E-state index in [0.29, 0.717) is 30.0 Å². The Hall–Kier alpha value is -1.30. The molecule has 0 saturated carbocycles. The van der Waals surface area contributed by atoms with Gasteiger partial charge in [-0.05, 0) is 67.1 Å². The fraction of sp³-hybridized carbons (Fsp3) is 0.667. The number of nitrogens with zero attached hydrogens (tertiary/aromatic N) is 2. The van der Waals surface area contributed by atoms with Gasteiger partial charge in [-0.25, -0.2) is 4.79 Å². The molecule has 3 heterocycles. The molecular weight excluding hydrogens is 372 g/mol. The molecular formula is C18H25BrN2O3. The number of hydrogen-bond donors (Lipinski definition) is 0. The van der Waals surface area contributed by atoms with E-state index in [-0.39, 0.29) is 17.6 Å². The van der Waals surface area contributed by atoms with Gasteiger partial charge in [0.2, 0.25) is 0 Å². The third kappa shape index (κ3) is 3.25. The first-order chi connectivity index (χ1) is 11.2. The molecule has 6 heteroatoms. The molecule has 0 aromatic carbocycles. The minimum atomic E-state index is -0.487. The summed E-state index contributed by atoms with van der Waals surface area (Å²) in [6, 6.07) is 2.13. The molecule has 5 nitrogen and oxygen atoms in total. The third-order valence-electron chi connectivity index (χ3n) is 4.78. The van der Waals surface area contributed by atoms with Gasteiger partial charge in [0.15, 0.2) is 0 Å². The summed E-state index contributed by atoms with van der Waals surface area (Å²) in [7, 11) is 0. The van der Waals surface area contributed by atoms with E-state index in [1.54, 1.807) is 0 Å². The first-order valence-corrected chi connectivity index (χ1v) is 9.39. The van der Waals surface area contributed by atoms with Gasteiger partial charge in [-0.3, -0.25) is 4.79 Å². The highest BCUT2D eigenvalue weighted by Crippen LogP contribution is 2.36. The summed E-state index contributed by atoms with van der Waals surface area (Å²) >= 11 is 3.45. The van der Waals surface area contributed by atoms with Gasteiger partial charge in [-0.15, -0.1) is 0 Å². The molecule has 2 aliphatic rings. The van der Waals surface area contributed by atoms with Crippen LogP contribution in [0, 0.1) is 5.92 Å². The molecule has 3 rings (SSSR count). The summed E-state index contributed by atoms with van der Waals surface area (Å²) in [5.74, 6) is 0.511. The first kappa shape index (κ1) is 17.5. The lowest BCUT2D eigenvalue weighted by Gasteiger charge is -2.43. The molecule has 0 aliphatic carbocycles. The van der Waals surface area contributed by atoms with Crippen LogP contribution in [-0.2, 0) is 17.7 Å². The van der Waals surface area contributed by atoms with Gasteiger partial charge >= 0.3 is 6.09 Å². The summed E-state index contributed by atoms with van der Waals surface area (Å²) in [4.78, 5) is 26.9. The zero-order chi connectivity index (χ0) is 17.6. The molecule has 0 radical (unpaired) electrons. The van der Waals surface area contributed by atoms with E-state index >= 15 is 0 Å². The Kier molecular flexibility index (Phi) is 4.53. The SMILES string of the molecule is CCc1cc2n(c(=O)c1Br)CC1C[C@H]2CN(C(=O)OC(C)(C)C)C1. The standard InChI is InChI=1S/C18H25BrN2O3/c1-5-12-7-14-13-6-11(9-21(14)16(22)15(12)19)8-20(10-13)17(23)24-18(2,3)4/h7,11,13H,5-6,8-10H2,1-4H3/t11?,13-/m0/s1. The Labute approximate surface area is 151 Å². The van der Waals surface area contributed by atoms with Gasteiger partial charge in [0.1, 0.15) is 5.60 Å². The number of fused-ring (bicyclic) bond motifs is 4. The van der Waals surface area contributed by atoms with Gasteiger partial charge in [0.05, 0.1) is 4.47 Å². The van der Waals surface area contributed by atoms with Crippen molar-refractivity contribution in [2.45, 2.75) is 58.6 Å². The second kappa shape index (κ2) is 6.21. The quantitative estimate of drug-likeness (QED) is 0.729. The van der Waals surface area contributed by atoms with Crippen LogP contribution >= 0.6 is 15.9 Å². The Bertz CT molecular complexity index is 720. The van der Waals surface area contributed by atoms with E-state index in [1.807, 2.05) is 30.2 Å². The summed E-state index contributed by atoms with van der Waals surface area (Å²) in [6.07, 6.45) is 1.60. The highest BCUT2D eigenvalue weighted by Gasteiger charge is 2.38. The van der Waals surface area contributed by atoms with Crippen LogP contribution in [0.15, 0.2) is 15.3 Å². The molecule has 0 spiro atoms. The lowest BCUT2D eigenvalue weighted by atomic mass is 9.83. The van der Waals surface area contributed by atoms with E-state index in [0.717, 1.165) is 24.1 Å². The number of likely N-dealkylation sites (tertiary alicyclic amines) is 1. The number of amides is 1. The van der Waals surface area contributed by atoms with Gasteiger partial charge in [0.25, 0.3) is 5.56 Å². The van der Waals surface area contributed by atoms with Crippen molar-refractivity contribution in [3.8, 4) is 0 Å². The zero-order valence-corrected chi connectivity index (χ0v) is 16.4. The van der Waals surface area contributed by atoms with Crippen molar-refractivity contribution in [2.75, 3.05) is 13.1 Å². The van der Waals surface area contributed by atoms with E-state index < -0.39 is 5.60 Å². The van der Waals surface area contributed by atoms with E-state index in [2.05, 4.69) is 28.9 Å². The Balaban J connectivity index is 1.90. The van der Waals surface area contributed by atoms with Crippen LogP contribution in [-0.4, -0.2) is 34.3 Å². The van der Waals surface area contributed by atoms with Crippen LogP contribution in [0.2, 0.25) is 0 Å². The summed E-state index contributed by atoms with van der Waals surface area (Å²) < 4.78 is 8.10. The fourth-order valence-electron chi connectivity index (χ4n) is 3.76. The number of pyridine rings is 1. The monoisotopic (exact) mass is 396 g/mol.